The van der Waals surface area contributed by atoms with Crippen molar-refractivity contribution in [3.8, 4) is 0 Å². The Kier molecular flexibility index (Phi) is 7.57. The molecule has 0 aromatic rings. The normalized spacial score (nSPS) is 33.1. The van der Waals surface area contributed by atoms with E-state index in [2.05, 4.69) is 0 Å². The molecular weight excluding hydrogens is 419 g/mol. The third kappa shape index (κ3) is 6.28. The van der Waals surface area contributed by atoms with Gasteiger partial charge >= 0.3 is 11.9 Å². The van der Waals surface area contributed by atoms with Gasteiger partial charge in [-0.15, -0.1) is 23.2 Å². The first-order valence-corrected chi connectivity index (χ1v) is 13.1. The van der Waals surface area contributed by atoms with Crippen LogP contribution in [0.15, 0.2) is 0 Å². The lowest BCUT2D eigenvalue weighted by atomic mass is 9.97. The van der Waals surface area contributed by atoms with Crippen LogP contribution < -0.4 is 0 Å². The summed E-state index contributed by atoms with van der Waals surface area (Å²) in [4.78, 5) is 23.8. The van der Waals surface area contributed by atoms with E-state index in [1.807, 2.05) is 19.6 Å². The molecule has 2 aliphatic heterocycles. The fourth-order valence-electron chi connectivity index (χ4n) is 2.87. The minimum Gasteiger partial charge on any atom is -0.454 e. The summed E-state index contributed by atoms with van der Waals surface area (Å²) in [5.41, 5.74) is 0. The molecule has 11 heteroatoms. The van der Waals surface area contributed by atoms with Crippen molar-refractivity contribution in [1.82, 2.24) is 0 Å². The zero-order valence-electron chi connectivity index (χ0n) is 16.0. The number of rotatable bonds is 6. The second-order valence-electron chi connectivity index (χ2n) is 7.74. The first-order valence-electron chi connectivity index (χ1n) is 8.61. The van der Waals surface area contributed by atoms with Gasteiger partial charge in [0.25, 0.3) is 0 Å². The van der Waals surface area contributed by atoms with Gasteiger partial charge in [-0.3, -0.25) is 9.59 Å². The Hall–Kier alpha value is -0.423. The quantitative estimate of drug-likeness (QED) is 0.349. The van der Waals surface area contributed by atoms with Crippen LogP contribution in [-0.2, 0) is 37.7 Å². The number of carbonyl (C=O) groups excluding carboxylic acids is 2. The van der Waals surface area contributed by atoms with Crippen molar-refractivity contribution in [2.45, 2.75) is 70.0 Å². The molecule has 2 aliphatic rings. The van der Waals surface area contributed by atoms with E-state index in [4.69, 9.17) is 51.3 Å². The maximum atomic E-state index is 11.9. The lowest BCUT2D eigenvalue weighted by molar-refractivity contribution is -0.375. The monoisotopic (exact) mass is 444 g/mol. The molecule has 27 heavy (non-hydrogen) atoms. The smallest absolute Gasteiger partial charge is 0.321 e. The summed E-state index contributed by atoms with van der Waals surface area (Å²) in [6, 6.07) is 0. The SMILES string of the molecule is CC1(C)OC[C@H]2O[C@@H](O[Si](C)(C)C)[C@H](OC(=O)CCl)[C@@H](OC(=O)CCl)[C@@H]2O1. The Morgan fingerprint density at radius 1 is 1.07 bits per heavy atom. The third-order valence-corrected chi connectivity index (χ3v) is 5.21. The van der Waals surface area contributed by atoms with Crippen LogP contribution in [0.1, 0.15) is 13.8 Å². The Bertz CT molecular complexity index is 553. The molecule has 5 atom stereocenters. The Balaban J connectivity index is 2.36. The number of hydrogen-bond acceptors (Lipinski definition) is 8. The van der Waals surface area contributed by atoms with Gasteiger partial charge in [-0.25, -0.2) is 0 Å². The van der Waals surface area contributed by atoms with Crippen LogP contribution in [0.2, 0.25) is 19.6 Å². The number of esters is 2. The first-order chi connectivity index (χ1) is 12.5. The van der Waals surface area contributed by atoms with Crippen LogP contribution in [0.5, 0.6) is 0 Å². The third-order valence-electron chi connectivity index (χ3n) is 3.83. The second kappa shape index (κ2) is 8.94. The molecule has 2 fully saturated rings. The summed E-state index contributed by atoms with van der Waals surface area (Å²) < 4.78 is 34.5. The number of alkyl halides is 2. The molecule has 2 rings (SSSR count). The molecule has 0 aliphatic carbocycles. The predicted octanol–water partition coefficient (Wildman–Crippen LogP) is 2.02. The van der Waals surface area contributed by atoms with Crippen molar-refractivity contribution >= 4 is 43.5 Å². The van der Waals surface area contributed by atoms with Crippen molar-refractivity contribution in [2.24, 2.45) is 0 Å². The van der Waals surface area contributed by atoms with E-state index >= 15 is 0 Å². The molecule has 0 spiro atoms. The lowest BCUT2D eigenvalue weighted by Crippen LogP contribution is -2.67. The van der Waals surface area contributed by atoms with Gasteiger partial charge in [0.05, 0.1) is 6.61 Å². The standard InChI is InChI=1S/C16H26Cl2O8Si/c1-16(2)21-8-9-12(25-16)13(23-10(19)6-17)14(24-11(20)7-18)15(22-9)26-27(3,4)5/h9,12-15H,6-8H2,1-5H3/t9-,12-,13+,14-,15+/m1/s1. The molecule has 2 heterocycles. The molecule has 0 N–H and O–H groups in total. The molecule has 0 aromatic carbocycles. The highest BCUT2D eigenvalue weighted by molar-refractivity contribution is 6.69. The summed E-state index contributed by atoms with van der Waals surface area (Å²) in [5, 5.41) is 0. The molecular formula is C16H26Cl2O8Si. The number of ether oxygens (including phenoxy) is 5. The lowest BCUT2D eigenvalue weighted by Gasteiger charge is -2.50. The number of hydrogen-bond donors (Lipinski definition) is 0. The van der Waals surface area contributed by atoms with Crippen LogP contribution in [0.25, 0.3) is 0 Å². The van der Waals surface area contributed by atoms with E-state index < -0.39 is 56.7 Å². The zero-order valence-corrected chi connectivity index (χ0v) is 18.5. The highest BCUT2D eigenvalue weighted by Gasteiger charge is 2.55. The molecule has 156 valence electrons. The van der Waals surface area contributed by atoms with E-state index in [1.165, 1.54) is 0 Å². The van der Waals surface area contributed by atoms with E-state index in [9.17, 15) is 9.59 Å². The van der Waals surface area contributed by atoms with Crippen molar-refractivity contribution in [3.05, 3.63) is 0 Å². The average molecular weight is 445 g/mol. The van der Waals surface area contributed by atoms with E-state index in [0.29, 0.717) is 0 Å². The molecule has 0 aromatic heterocycles. The van der Waals surface area contributed by atoms with Crippen LogP contribution in [0.3, 0.4) is 0 Å². The highest BCUT2D eigenvalue weighted by atomic mass is 35.5. The van der Waals surface area contributed by atoms with Gasteiger partial charge in [0.1, 0.15) is 24.0 Å². The van der Waals surface area contributed by atoms with Gasteiger partial charge in [-0.1, -0.05) is 0 Å². The van der Waals surface area contributed by atoms with E-state index in [0.717, 1.165) is 0 Å². The van der Waals surface area contributed by atoms with E-state index in [-0.39, 0.29) is 18.4 Å². The Morgan fingerprint density at radius 3 is 2.15 bits per heavy atom. The molecule has 0 radical (unpaired) electrons. The highest BCUT2D eigenvalue weighted by Crippen LogP contribution is 2.36. The number of halogens is 2. The zero-order chi connectivity index (χ0) is 20.4. The van der Waals surface area contributed by atoms with E-state index in [1.54, 1.807) is 13.8 Å². The fraction of sp³-hybridized carbons (Fsp3) is 0.875. The molecule has 0 unspecified atom stereocenters. The van der Waals surface area contributed by atoms with Crippen LogP contribution in [-0.4, -0.2) is 75.1 Å². The first kappa shape index (κ1) is 22.9. The largest absolute Gasteiger partial charge is 0.454 e. The summed E-state index contributed by atoms with van der Waals surface area (Å²) in [5.74, 6) is -3.01. The van der Waals surface area contributed by atoms with Gasteiger partial charge in [-0.05, 0) is 33.5 Å². The Morgan fingerprint density at radius 2 is 1.63 bits per heavy atom. The van der Waals surface area contributed by atoms with Gasteiger partial charge in [0.2, 0.25) is 0 Å². The minimum absolute atomic E-state index is 0.203. The van der Waals surface area contributed by atoms with Crippen LogP contribution in [0.4, 0.5) is 0 Å². The maximum Gasteiger partial charge on any atom is 0.321 e. The van der Waals surface area contributed by atoms with Crippen molar-refractivity contribution in [1.29, 1.82) is 0 Å². The minimum atomic E-state index is -2.11. The summed E-state index contributed by atoms with van der Waals surface area (Å²) in [6.45, 7) is 9.54. The fourth-order valence-corrected chi connectivity index (χ4v) is 3.88. The summed E-state index contributed by atoms with van der Waals surface area (Å²) in [6.07, 6.45) is -4.28. The van der Waals surface area contributed by atoms with Crippen molar-refractivity contribution < 1.29 is 37.7 Å². The van der Waals surface area contributed by atoms with Crippen LogP contribution in [0, 0.1) is 0 Å². The second-order valence-corrected chi connectivity index (χ2v) is 12.7. The summed E-state index contributed by atoms with van der Waals surface area (Å²) in [7, 11) is -2.11. The maximum absolute atomic E-state index is 11.9. The molecule has 2 saturated heterocycles. The van der Waals surface area contributed by atoms with Crippen molar-refractivity contribution in [3.63, 3.8) is 0 Å². The summed E-state index contributed by atoms with van der Waals surface area (Å²) >= 11 is 11.2. The molecule has 8 nitrogen and oxygen atoms in total. The topological polar surface area (TPSA) is 89.5 Å². The number of carbonyl (C=O) groups is 2. The molecule has 0 amide bonds. The van der Waals surface area contributed by atoms with Gasteiger partial charge < -0.3 is 28.1 Å². The average Bonchev–Trinajstić information content (AvgIpc) is 2.56. The van der Waals surface area contributed by atoms with Gasteiger partial charge in [-0.2, -0.15) is 0 Å². The van der Waals surface area contributed by atoms with Gasteiger partial charge in [0.15, 0.2) is 32.6 Å². The van der Waals surface area contributed by atoms with Crippen LogP contribution >= 0.6 is 23.2 Å². The van der Waals surface area contributed by atoms with Crippen molar-refractivity contribution in [2.75, 3.05) is 18.4 Å². The Labute approximate surface area is 169 Å². The molecule has 0 saturated carbocycles. The predicted molar refractivity (Wildman–Crippen MR) is 99.2 cm³/mol. The number of fused-ring (bicyclic) bond motifs is 1. The van der Waals surface area contributed by atoms with Gasteiger partial charge in [0, 0.05) is 0 Å². The molecule has 0 bridgehead atoms.